The molecular weight excluding hydrogens is 901 g/mol. The van der Waals surface area contributed by atoms with Crippen LogP contribution < -0.4 is 0 Å². The lowest BCUT2D eigenvalue weighted by Crippen LogP contribution is -2.61. The first-order chi connectivity index (χ1) is 34.0. The summed E-state index contributed by atoms with van der Waals surface area (Å²) >= 11 is 0. The molecule has 0 aromatic heterocycles. The average Bonchev–Trinajstić information content (AvgIpc) is 3.35. The van der Waals surface area contributed by atoms with Crippen molar-refractivity contribution in [3.05, 3.63) is 72.9 Å². The van der Waals surface area contributed by atoms with Gasteiger partial charge in [-0.3, -0.25) is 9.59 Å². The Hall–Kier alpha value is -3.06. The fraction of sp³-hybridized carbons (Fsp3) is 0.745. The van der Waals surface area contributed by atoms with Gasteiger partial charge in [0, 0.05) is 12.8 Å². The Kier molecular flexibility index (Phi) is 37.3. The summed E-state index contributed by atoms with van der Waals surface area (Å²) in [6, 6.07) is 0. The van der Waals surface area contributed by atoms with E-state index in [0.717, 1.165) is 64.2 Å². The topological polar surface area (TPSA) is 231 Å². The number of esters is 2. The first-order valence-electron chi connectivity index (χ1n) is 26.5. The Labute approximate surface area is 419 Å². The molecule has 4 unspecified atom stereocenters. The highest BCUT2D eigenvalue weighted by molar-refractivity contribution is 5.70. The van der Waals surface area contributed by atoms with Gasteiger partial charge in [0.15, 0.2) is 18.7 Å². The molecule has 15 heteroatoms. The minimum Gasteiger partial charge on any atom is -0.462 e. The average molecular weight is 993 g/mol. The molecule has 11 atom stereocenters. The van der Waals surface area contributed by atoms with Gasteiger partial charge in [-0.25, -0.2) is 0 Å². The number of unbranched alkanes of at least 4 members (excludes halogenated alkanes) is 14. The van der Waals surface area contributed by atoms with E-state index in [9.17, 15) is 45.3 Å². The summed E-state index contributed by atoms with van der Waals surface area (Å²) in [6.45, 7) is 2.44. The van der Waals surface area contributed by atoms with Gasteiger partial charge in [-0.05, 0) is 70.6 Å². The third-order valence-corrected chi connectivity index (χ3v) is 12.2. The predicted molar refractivity (Wildman–Crippen MR) is 270 cm³/mol. The van der Waals surface area contributed by atoms with Crippen LogP contribution in [0.2, 0.25) is 0 Å². The zero-order chi connectivity index (χ0) is 51.0. The van der Waals surface area contributed by atoms with Crippen LogP contribution in [0.15, 0.2) is 72.9 Å². The molecule has 0 aromatic carbocycles. The highest BCUT2D eigenvalue weighted by Crippen LogP contribution is 2.26. The van der Waals surface area contributed by atoms with Crippen LogP contribution >= 0.6 is 0 Å². The Balaban J connectivity index is 1.83. The van der Waals surface area contributed by atoms with E-state index in [1.807, 2.05) is 12.2 Å². The second kappa shape index (κ2) is 41.4. The molecule has 2 fully saturated rings. The molecule has 2 rings (SSSR count). The lowest BCUT2D eigenvalue weighted by atomic mass is 9.98. The summed E-state index contributed by atoms with van der Waals surface area (Å²) in [5.41, 5.74) is 0. The van der Waals surface area contributed by atoms with Crippen molar-refractivity contribution in [2.45, 2.75) is 235 Å². The number of allylic oxidation sites excluding steroid dienone is 12. The second-order valence-corrected chi connectivity index (χ2v) is 18.3. The SMILES string of the molecule is CCCC/C=C/CCCCCCCCCCCC(=O)O[C@@H](COC(=O)CC/C=C/C/C=C/C/C=C/C/C=C/C/C=C/CCCCC)CO[C@@H]1O[C@H](CO[C@@H]2O[C@H](CO)[C@H](O)C(O)C2O)[C@H](O)C(O)C1O. The number of hydrogen-bond donors (Lipinski definition) is 7. The van der Waals surface area contributed by atoms with Gasteiger partial charge in [-0.1, -0.05) is 157 Å². The van der Waals surface area contributed by atoms with Gasteiger partial charge in [-0.15, -0.1) is 0 Å². The minimum atomic E-state index is -1.78. The first-order valence-corrected chi connectivity index (χ1v) is 26.5. The number of ether oxygens (including phenoxy) is 6. The fourth-order valence-electron chi connectivity index (χ4n) is 7.77. The number of aliphatic hydroxyl groups excluding tert-OH is 7. The summed E-state index contributed by atoms with van der Waals surface area (Å²) in [7, 11) is 0. The molecule has 0 radical (unpaired) electrons. The number of hydrogen-bond acceptors (Lipinski definition) is 15. The van der Waals surface area contributed by atoms with Crippen LogP contribution in [0.25, 0.3) is 0 Å². The first kappa shape index (κ1) is 63.1. The number of carbonyl (C=O) groups is 2. The Morgan fingerprint density at radius 3 is 1.46 bits per heavy atom. The van der Waals surface area contributed by atoms with Crippen molar-refractivity contribution in [1.29, 1.82) is 0 Å². The quantitative estimate of drug-likeness (QED) is 0.0176. The van der Waals surface area contributed by atoms with E-state index in [1.54, 1.807) is 0 Å². The molecule has 0 aromatic rings. The standard InChI is InChI=1S/C55H92O15/c1-3-5-7-9-11-13-15-17-19-20-21-22-24-25-27-29-31-33-35-37-46(57)65-40-43(68-47(58)38-36-34-32-30-28-26-23-18-16-14-12-10-8-6-4-2)41-66-54-53(64)51(62)49(60)45(70-54)42-67-55-52(63)50(61)48(59)44(39-56)69-55/h10-13,17,19,21-22,25,27,31,33,43-45,48-56,59-64H,3-9,14-16,18,20,23-24,26,28-30,32,34-42H2,1-2H3/b12-10+,13-11+,19-17+,22-21+,27-25+,33-31+/t43-,44+,45+,48-,49-,50?,51?,52?,53?,54+,55+/m0/s1. The minimum absolute atomic E-state index is 0.0910. The maximum Gasteiger partial charge on any atom is 0.306 e. The van der Waals surface area contributed by atoms with E-state index in [1.165, 1.54) is 64.2 Å². The van der Waals surface area contributed by atoms with Crippen molar-refractivity contribution >= 4 is 11.9 Å². The van der Waals surface area contributed by atoms with Crippen molar-refractivity contribution in [1.82, 2.24) is 0 Å². The molecule has 2 heterocycles. The van der Waals surface area contributed by atoms with Gasteiger partial charge in [-0.2, -0.15) is 0 Å². The smallest absolute Gasteiger partial charge is 0.306 e. The molecule has 0 spiro atoms. The molecule has 0 bridgehead atoms. The van der Waals surface area contributed by atoms with Crippen molar-refractivity contribution in [2.75, 3.05) is 26.4 Å². The van der Waals surface area contributed by atoms with Crippen LogP contribution in [0.1, 0.15) is 168 Å². The molecule has 0 amide bonds. The monoisotopic (exact) mass is 993 g/mol. The molecule has 15 nitrogen and oxygen atoms in total. The van der Waals surface area contributed by atoms with Crippen molar-refractivity contribution in [2.24, 2.45) is 0 Å². The molecule has 7 N–H and O–H groups in total. The molecule has 402 valence electrons. The molecule has 70 heavy (non-hydrogen) atoms. The van der Waals surface area contributed by atoms with E-state index < -0.39 is 99.3 Å². The third-order valence-electron chi connectivity index (χ3n) is 12.2. The van der Waals surface area contributed by atoms with Gasteiger partial charge in [0.05, 0.1) is 19.8 Å². The van der Waals surface area contributed by atoms with E-state index in [4.69, 9.17) is 28.4 Å². The zero-order valence-electron chi connectivity index (χ0n) is 42.5. The molecule has 0 saturated carbocycles. The Morgan fingerprint density at radius 2 is 0.900 bits per heavy atom. The van der Waals surface area contributed by atoms with Gasteiger partial charge >= 0.3 is 11.9 Å². The second-order valence-electron chi connectivity index (χ2n) is 18.3. The van der Waals surface area contributed by atoms with Gasteiger partial charge in [0.25, 0.3) is 0 Å². The fourth-order valence-corrected chi connectivity index (χ4v) is 7.77. The highest BCUT2D eigenvalue weighted by atomic mass is 16.7. The highest BCUT2D eigenvalue weighted by Gasteiger charge is 2.47. The molecule has 2 aliphatic rings. The van der Waals surface area contributed by atoms with Crippen molar-refractivity contribution in [3.8, 4) is 0 Å². The summed E-state index contributed by atoms with van der Waals surface area (Å²) in [6.07, 6.45) is 32.2. The lowest BCUT2D eigenvalue weighted by molar-refractivity contribution is -0.332. The summed E-state index contributed by atoms with van der Waals surface area (Å²) in [5, 5.41) is 72.1. The maximum atomic E-state index is 13.0. The van der Waals surface area contributed by atoms with Crippen LogP contribution in [0.4, 0.5) is 0 Å². The number of carbonyl (C=O) groups excluding carboxylic acids is 2. The van der Waals surface area contributed by atoms with Crippen LogP contribution in [0.3, 0.4) is 0 Å². The zero-order valence-corrected chi connectivity index (χ0v) is 42.5. The van der Waals surface area contributed by atoms with Crippen molar-refractivity contribution in [3.63, 3.8) is 0 Å². The lowest BCUT2D eigenvalue weighted by Gasteiger charge is -2.42. The summed E-state index contributed by atoms with van der Waals surface area (Å²) < 4.78 is 33.5. The third kappa shape index (κ3) is 28.8. The number of rotatable bonds is 40. The van der Waals surface area contributed by atoms with Crippen LogP contribution in [0.5, 0.6) is 0 Å². The number of aliphatic hydroxyl groups is 7. The van der Waals surface area contributed by atoms with Crippen molar-refractivity contribution < 1.29 is 73.8 Å². The molecular formula is C55H92O15. The van der Waals surface area contributed by atoms with E-state index in [2.05, 4.69) is 74.6 Å². The van der Waals surface area contributed by atoms with Gasteiger partial charge in [0.1, 0.15) is 55.4 Å². The van der Waals surface area contributed by atoms with Gasteiger partial charge in [0.2, 0.25) is 0 Å². The van der Waals surface area contributed by atoms with Crippen LogP contribution in [-0.2, 0) is 38.0 Å². The van der Waals surface area contributed by atoms with Crippen LogP contribution in [-0.4, -0.2) is 142 Å². The summed E-state index contributed by atoms with van der Waals surface area (Å²) in [5.74, 6) is -1.03. The molecule has 2 saturated heterocycles. The Morgan fingerprint density at radius 1 is 0.457 bits per heavy atom. The molecule has 2 aliphatic heterocycles. The van der Waals surface area contributed by atoms with E-state index in [0.29, 0.717) is 12.8 Å². The maximum absolute atomic E-state index is 13.0. The summed E-state index contributed by atoms with van der Waals surface area (Å²) in [4.78, 5) is 25.8. The van der Waals surface area contributed by atoms with E-state index in [-0.39, 0.29) is 19.4 Å². The normalized spacial score (nSPS) is 26.0. The Bertz CT molecular complexity index is 1490. The van der Waals surface area contributed by atoms with E-state index >= 15 is 0 Å². The largest absolute Gasteiger partial charge is 0.462 e. The van der Waals surface area contributed by atoms with Gasteiger partial charge < -0.3 is 64.2 Å². The van der Waals surface area contributed by atoms with Crippen LogP contribution in [0, 0.1) is 0 Å². The predicted octanol–water partition coefficient (Wildman–Crippen LogP) is 7.82. The molecule has 0 aliphatic carbocycles.